The minimum Gasteiger partial charge on any atom is -0.484 e. The lowest BCUT2D eigenvalue weighted by atomic mass is 9.97. The van der Waals surface area contributed by atoms with Gasteiger partial charge in [-0.1, -0.05) is 24.3 Å². The van der Waals surface area contributed by atoms with Crippen LogP contribution in [0, 0.1) is 6.92 Å². The first-order valence-electron chi connectivity index (χ1n) is 9.45. The highest BCUT2D eigenvalue weighted by atomic mass is 16.5. The molecule has 4 aromatic rings. The molecule has 0 radical (unpaired) electrons. The van der Waals surface area contributed by atoms with Crippen molar-refractivity contribution in [2.24, 2.45) is 0 Å². The molecule has 4 heteroatoms. The summed E-state index contributed by atoms with van der Waals surface area (Å²) in [5, 5.41) is 1.86. The van der Waals surface area contributed by atoms with E-state index in [1.165, 1.54) is 0 Å². The number of nitrogens with zero attached hydrogens (tertiary/aromatic N) is 1. The number of ether oxygens (including phenoxy) is 1. The van der Waals surface area contributed by atoms with E-state index in [1.807, 2.05) is 61.5 Å². The summed E-state index contributed by atoms with van der Waals surface area (Å²) in [5.41, 5.74) is 4.98. The Morgan fingerprint density at radius 2 is 1.86 bits per heavy atom. The number of hydrogen-bond donors (Lipinski definition) is 0. The number of aromatic nitrogens is 1. The summed E-state index contributed by atoms with van der Waals surface area (Å²) in [4.78, 5) is 25.3. The van der Waals surface area contributed by atoms with Gasteiger partial charge in [0.2, 0.25) is 5.78 Å². The molecule has 1 aliphatic rings. The number of benzene rings is 3. The van der Waals surface area contributed by atoms with Crippen LogP contribution in [0.2, 0.25) is 0 Å². The molecule has 0 N–H and O–H groups in total. The third kappa shape index (κ3) is 2.24. The smallest absolute Gasteiger partial charge is 0.203 e. The Hall–Kier alpha value is -3.40. The van der Waals surface area contributed by atoms with Gasteiger partial charge in [-0.15, -0.1) is 0 Å². The van der Waals surface area contributed by atoms with Crippen LogP contribution in [0.5, 0.6) is 5.75 Å². The van der Waals surface area contributed by atoms with Gasteiger partial charge in [0, 0.05) is 28.6 Å². The van der Waals surface area contributed by atoms with Crippen LogP contribution in [0.25, 0.3) is 21.8 Å². The summed E-state index contributed by atoms with van der Waals surface area (Å²) in [6, 6.07) is 17.3. The van der Waals surface area contributed by atoms with Crippen molar-refractivity contribution in [2.75, 3.05) is 6.61 Å². The third-order valence-electron chi connectivity index (χ3n) is 5.60. The van der Waals surface area contributed by atoms with E-state index < -0.39 is 0 Å². The lowest BCUT2D eigenvalue weighted by Gasteiger charge is -2.06. The first-order chi connectivity index (χ1) is 13.6. The van der Waals surface area contributed by atoms with Gasteiger partial charge in [-0.2, -0.15) is 0 Å². The molecule has 0 spiro atoms. The van der Waals surface area contributed by atoms with Crippen molar-refractivity contribution >= 4 is 33.4 Å². The summed E-state index contributed by atoms with van der Waals surface area (Å²) >= 11 is 0. The average molecular weight is 369 g/mol. The molecule has 3 aromatic carbocycles. The van der Waals surface area contributed by atoms with Crippen molar-refractivity contribution in [3.8, 4) is 5.75 Å². The molecule has 0 aliphatic carbocycles. The van der Waals surface area contributed by atoms with Crippen molar-refractivity contribution in [3.05, 3.63) is 76.9 Å². The van der Waals surface area contributed by atoms with Crippen molar-refractivity contribution in [3.63, 3.8) is 0 Å². The molecule has 138 valence electrons. The molecule has 5 rings (SSSR count). The largest absolute Gasteiger partial charge is 0.484 e. The van der Waals surface area contributed by atoms with E-state index in [9.17, 15) is 9.59 Å². The molecule has 0 amide bonds. The monoisotopic (exact) mass is 369 g/mol. The average Bonchev–Trinajstić information content (AvgIpc) is 3.24. The van der Waals surface area contributed by atoms with Crippen molar-refractivity contribution in [1.29, 1.82) is 0 Å². The number of aryl methyl sites for hydroxylation is 2. The molecule has 4 nitrogen and oxygen atoms in total. The molecule has 1 aliphatic heterocycles. The number of carbonyl (C=O) groups is 2. The van der Waals surface area contributed by atoms with Gasteiger partial charge < -0.3 is 9.30 Å². The minimum atomic E-state index is 0.00133. The predicted molar refractivity (Wildman–Crippen MR) is 110 cm³/mol. The van der Waals surface area contributed by atoms with Crippen LogP contribution in [0.4, 0.5) is 0 Å². The zero-order valence-electron chi connectivity index (χ0n) is 15.8. The van der Waals surface area contributed by atoms with Gasteiger partial charge in [0.25, 0.3) is 0 Å². The van der Waals surface area contributed by atoms with Gasteiger partial charge in [0.05, 0.1) is 16.5 Å². The van der Waals surface area contributed by atoms with Gasteiger partial charge in [-0.25, -0.2) is 0 Å². The number of fused-ring (bicyclic) bond motifs is 5. The lowest BCUT2D eigenvalue weighted by molar-refractivity contribution is 0.0960. The number of hydrogen-bond acceptors (Lipinski definition) is 3. The fourth-order valence-corrected chi connectivity index (χ4v) is 4.21. The highest BCUT2D eigenvalue weighted by molar-refractivity contribution is 6.19. The van der Waals surface area contributed by atoms with Gasteiger partial charge in [0.1, 0.15) is 5.75 Å². The standard InChI is InChI=1S/C24H19NO3/c1-3-25-19-10-8-15(23(27)16-7-5-4-6-14(16)2)12-18(19)22-20(25)11-9-17-21(26)13-28-24(17)22/h4-12H,3,13H2,1-2H3. The van der Waals surface area contributed by atoms with E-state index in [1.54, 1.807) is 0 Å². The van der Waals surface area contributed by atoms with E-state index in [4.69, 9.17) is 4.74 Å². The number of ketones is 2. The zero-order valence-corrected chi connectivity index (χ0v) is 15.8. The van der Waals surface area contributed by atoms with E-state index in [0.29, 0.717) is 22.4 Å². The predicted octanol–water partition coefficient (Wildman–Crippen LogP) is 4.93. The normalized spacial score (nSPS) is 13.1. The van der Waals surface area contributed by atoms with E-state index >= 15 is 0 Å². The van der Waals surface area contributed by atoms with E-state index in [0.717, 1.165) is 33.9 Å². The second kappa shape index (κ2) is 6.06. The maximum Gasteiger partial charge on any atom is 0.203 e. The SMILES string of the molecule is CCn1c2ccc(C(=O)c3ccccc3C)cc2c2c3c(ccc21)C(=O)CO3. The van der Waals surface area contributed by atoms with Gasteiger partial charge >= 0.3 is 0 Å². The van der Waals surface area contributed by atoms with Crippen molar-refractivity contribution in [1.82, 2.24) is 4.57 Å². The first kappa shape index (κ1) is 16.8. The quantitative estimate of drug-likeness (QED) is 0.481. The lowest BCUT2D eigenvalue weighted by Crippen LogP contribution is -2.03. The molecule has 0 atom stereocenters. The molecule has 28 heavy (non-hydrogen) atoms. The van der Waals surface area contributed by atoms with Crippen LogP contribution >= 0.6 is 0 Å². The molecule has 0 fully saturated rings. The summed E-state index contributed by atoms with van der Waals surface area (Å²) in [5.74, 6) is 0.642. The van der Waals surface area contributed by atoms with Crippen LogP contribution in [-0.4, -0.2) is 22.7 Å². The molecule has 0 bridgehead atoms. The number of Topliss-reactive ketones (excluding diaryl/α,β-unsaturated/α-hetero) is 1. The Balaban J connectivity index is 1.80. The second-order valence-electron chi connectivity index (χ2n) is 7.17. The van der Waals surface area contributed by atoms with Gasteiger partial charge in [-0.3, -0.25) is 9.59 Å². The van der Waals surface area contributed by atoms with Crippen LogP contribution in [0.3, 0.4) is 0 Å². The minimum absolute atomic E-state index is 0.00133. The Morgan fingerprint density at radius 1 is 1.07 bits per heavy atom. The molecular formula is C24H19NO3. The highest BCUT2D eigenvalue weighted by Crippen LogP contribution is 2.41. The topological polar surface area (TPSA) is 48.3 Å². The molecule has 0 saturated carbocycles. The summed E-state index contributed by atoms with van der Waals surface area (Å²) in [6.07, 6.45) is 0. The van der Waals surface area contributed by atoms with E-state index in [-0.39, 0.29) is 18.2 Å². The molecule has 0 saturated heterocycles. The van der Waals surface area contributed by atoms with Crippen LogP contribution < -0.4 is 4.74 Å². The van der Waals surface area contributed by atoms with Crippen molar-refractivity contribution in [2.45, 2.75) is 20.4 Å². The van der Waals surface area contributed by atoms with Gasteiger partial charge in [-0.05, 0) is 49.7 Å². The van der Waals surface area contributed by atoms with Crippen molar-refractivity contribution < 1.29 is 14.3 Å². The highest BCUT2D eigenvalue weighted by Gasteiger charge is 2.26. The maximum atomic E-state index is 13.1. The number of rotatable bonds is 3. The van der Waals surface area contributed by atoms with Gasteiger partial charge in [0.15, 0.2) is 12.4 Å². The Labute approximate surface area is 162 Å². The fourth-order valence-electron chi connectivity index (χ4n) is 4.21. The maximum absolute atomic E-state index is 13.1. The van der Waals surface area contributed by atoms with E-state index in [2.05, 4.69) is 11.5 Å². The van der Waals surface area contributed by atoms with Crippen LogP contribution in [0.15, 0.2) is 54.6 Å². The fraction of sp³-hybridized carbons (Fsp3) is 0.167. The molecular weight excluding hydrogens is 350 g/mol. The van der Waals surface area contributed by atoms with Crippen LogP contribution in [0.1, 0.15) is 38.8 Å². The Bertz CT molecular complexity index is 1300. The third-order valence-corrected chi connectivity index (χ3v) is 5.60. The summed E-state index contributed by atoms with van der Waals surface area (Å²) in [7, 11) is 0. The first-order valence-corrected chi connectivity index (χ1v) is 9.45. The molecule has 0 unspecified atom stereocenters. The molecule has 2 heterocycles. The Morgan fingerprint density at radius 3 is 2.64 bits per heavy atom. The number of carbonyl (C=O) groups excluding carboxylic acids is 2. The molecule has 1 aromatic heterocycles. The van der Waals surface area contributed by atoms with Crippen LogP contribution in [-0.2, 0) is 6.54 Å². The summed E-state index contributed by atoms with van der Waals surface area (Å²) in [6.45, 7) is 4.90. The Kier molecular flexibility index (Phi) is 3.63. The zero-order chi connectivity index (χ0) is 19.4. The second-order valence-corrected chi connectivity index (χ2v) is 7.17. The summed E-state index contributed by atoms with van der Waals surface area (Å²) < 4.78 is 7.94.